The highest BCUT2D eigenvalue weighted by molar-refractivity contribution is 6.12. The molecule has 0 bridgehead atoms. The van der Waals surface area contributed by atoms with E-state index in [0.29, 0.717) is 29.6 Å². The van der Waals surface area contributed by atoms with Gasteiger partial charge in [0.15, 0.2) is 11.6 Å². The van der Waals surface area contributed by atoms with Crippen molar-refractivity contribution in [1.29, 1.82) is 0 Å². The van der Waals surface area contributed by atoms with E-state index in [4.69, 9.17) is 0 Å². The van der Waals surface area contributed by atoms with Gasteiger partial charge in [0.25, 0.3) is 5.91 Å². The van der Waals surface area contributed by atoms with Crippen molar-refractivity contribution in [3.63, 3.8) is 0 Å². The van der Waals surface area contributed by atoms with Crippen LogP contribution in [0.1, 0.15) is 33.0 Å². The fraction of sp³-hybridized carbons (Fsp3) is 0.174. The van der Waals surface area contributed by atoms with Crippen LogP contribution in [0.15, 0.2) is 42.5 Å². The Kier molecular flexibility index (Phi) is 5.80. The van der Waals surface area contributed by atoms with Gasteiger partial charge in [-0.25, -0.2) is 18.2 Å². The van der Waals surface area contributed by atoms with Crippen LogP contribution in [-0.4, -0.2) is 20.7 Å². The summed E-state index contributed by atoms with van der Waals surface area (Å²) in [4.78, 5) is 16.3. The van der Waals surface area contributed by atoms with Crippen molar-refractivity contribution in [3.8, 4) is 0 Å². The van der Waals surface area contributed by atoms with Crippen LogP contribution in [0.2, 0.25) is 0 Å². The van der Waals surface area contributed by atoms with E-state index in [0.717, 1.165) is 5.56 Å². The third-order valence-corrected chi connectivity index (χ3v) is 5.25. The van der Waals surface area contributed by atoms with Gasteiger partial charge in [-0.1, -0.05) is 12.1 Å². The second-order valence-corrected chi connectivity index (χ2v) is 7.62. The van der Waals surface area contributed by atoms with Crippen molar-refractivity contribution in [1.82, 2.24) is 14.8 Å². The van der Waals surface area contributed by atoms with E-state index in [1.165, 1.54) is 12.1 Å². The van der Waals surface area contributed by atoms with Crippen LogP contribution in [0.5, 0.6) is 0 Å². The summed E-state index contributed by atoms with van der Waals surface area (Å²) in [7, 11) is 0. The molecule has 2 aromatic heterocycles. The Balaban J connectivity index is 1.73. The number of pyridine rings is 1. The SMILES string of the molecule is Cc1nn(Cc2ccc(F)cc2)c(C)c1NC(=O)c1cc(C(F)(F)F)nc2cc(F)c(F)cc12. The first kappa shape index (κ1) is 23.3. The van der Waals surface area contributed by atoms with E-state index in [1.807, 2.05) is 0 Å². The van der Waals surface area contributed by atoms with Gasteiger partial charge < -0.3 is 5.32 Å². The lowest BCUT2D eigenvalue weighted by Crippen LogP contribution is -2.17. The fourth-order valence-corrected chi connectivity index (χ4v) is 3.53. The minimum absolute atomic E-state index is 0.244. The predicted molar refractivity (Wildman–Crippen MR) is 112 cm³/mol. The zero-order valence-electron chi connectivity index (χ0n) is 17.8. The number of rotatable bonds is 4. The van der Waals surface area contributed by atoms with Gasteiger partial charge in [-0.05, 0) is 43.7 Å². The molecule has 1 amide bonds. The number of aromatic nitrogens is 3. The van der Waals surface area contributed by atoms with E-state index in [-0.39, 0.29) is 17.6 Å². The van der Waals surface area contributed by atoms with Gasteiger partial charge in [0.2, 0.25) is 0 Å². The molecule has 1 N–H and O–H groups in total. The number of benzene rings is 2. The summed E-state index contributed by atoms with van der Waals surface area (Å²) in [6.07, 6.45) is -4.92. The Labute approximate surface area is 189 Å². The lowest BCUT2D eigenvalue weighted by Gasteiger charge is -2.13. The Hall–Kier alpha value is -3.89. The summed E-state index contributed by atoms with van der Waals surface area (Å²) in [6.45, 7) is 3.48. The van der Waals surface area contributed by atoms with E-state index in [1.54, 1.807) is 30.7 Å². The average molecular weight is 478 g/mol. The molecule has 0 aliphatic heterocycles. The zero-order valence-corrected chi connectivity index (χ0v) is 17.8. The van der Waals surface area contributed by atoms with Crippen LogP contribution in [-0.2, 0) is 12.7 Å². The minimum Gasteiger partial charge on any atom is -0.319 e. The van der Waals surface area contributed by atoms with E-state index >= 15 is 0 Å². The zero-order chi connectivity index (χ0) is 24.8. The number of amides is 1. The highest BCUT2D eigenvalue weighted by atomic mass is 19.4. The molecule has 0 saturated carbocycles. The minimum atomic E-state index is -4.92. The van der Waals surface area contributed by atoms with Crippen LogP contribution < -0.4 is 5.32 Å². The second-order valence-electron chi connectivity index (χ2n) is 7.62. The number of halogens is 6. The molecule has 0 aliphatic rings. The first-order valence-corrected chi connectivity index (χ1v) is 9.91. The monoisotopic (exact) mass is 478 g/mol. The molecule has 0 unspecified atom stereocenters. The number of alkyl halides is 3. The molecule has 0 fully saturated rings. The van der Waals surface area contributed by atoms with Crippen LogP contribution in [0.3, 0.4) is 0 Å². The Morgan fingerprint density at radius 1 is 1.00 bits per heavy atom. The maximum Gasteiger partial charge on any atom is 0.433 e. The van der Waals surface area contributed by atoms with Gasteiger partial charge in [0.1, 0.15) is 11.5 Å². The summed E-state index contributed by atoms with van der Waals surface area (Å²) in [5, 5.41) is 6.57. The largest absolute Gasteiger partial charge is 0.433 e. The molecule has 0 atom stereocenters. The second kappa shape index (κ2) is 8.47. The molecule has 176 valence electrons. The number of nitrogens with one attached hydrogen (secondary N) is 1. The Bertz CT molecular complexity index is 1410. The van der Waals surface area contributed by atoms with E-state index in [2.05, 4.69) is 15.4 Å². The molecule has 0 spiro atoms. The van der Waals surface area contributed by atoms with Gasteiger partial charge in [-0.2, -0.15) is 18.3 Å². The molecule has 0 saturated heterocycles. The van der Waals surface area contributed by atoms with Crippen LogP contribution in [0.25, 0.3) is 10.9 Å². The number of nitrogens with zero attached hydrogens (tertiary/aromatic N) is 3. The summed E-state index contributed by atoms with van der Waals surface area (Å²) in [5.41, 5.74) is -0.621. The summed E-state index contributed by atoms with van der Waals surface area (Å²) in [6, 6.07) is 7.34. The number of hydrogen-bond donors (Lipinski definition) is 1. The smallest absolute Gasteiger partial charge is 0.319 e. The van der Waals surface area contributed by atoms with Crippen molar-refractivity contribution < 1.29 is 31.1 Å². The van der Waals surface area contributed by atoms with Crippen molar-refractivity contribution in [2.45, 2.75) is 26.6 Å². The van der Waals surface area contributed by atoms with Crippen LogP contribution in [0.4, 0.5) is 32.0 Å². The van der Waals surface area contributed by atoms with Gasteiger partial charge in [-0.15, -0.1) is 0 Å². The topological polar surface area (TPSA) is 59.8 Å². The number of aryl methyl sites for hydroxylation is 1. The van der Waals surface area contributed by atoms with E-state index < -0.39 is 46.3 Å². The average Bonchev–Trinajstić information content (AvgIpc) is 3.02. The highest BCUT2D eigenvalue weighted by Crippen LogP contribution is 2.32. The lowest BCUT2D eigenvalue weighted by molar-refractivity contribution is -0.140. The summed E-state index contributed by atoms with van der Waals surface area (Å²) >= 11 is 0. The molecule has 0 aliphatic carbocycles. The van der Waals surface area contributed by atoms with Crippen LogP contribution in [0, 0.1) is 31.3 Å². The normalized spacial score (nSPS) is 11.8. The van der Waals surface area contributed by atoms with Gasteiger partial charge in [-0.3, -0.25) is 9.48 Å². The molecular formula is C23H16F6N4O. The molecule has 4 aromatic rings. The number of fused-ring (bicyclic) bond motifs is 1. The molecule has 5 nitrogen and oxygen atoms in total. The molecule has 0 radical (unpaired) electrons. The number of carbonyl (C=O) groups excluding carboxylic acids is 1. The van der Waals surface area contributed by atoms with Crippen molar-refractivity contribution in [3.05, 3.63) is 88.1 Å². The van der Waals surface area contributed by atoms with Gasteiger partial charge in [0, 0.05) is 11.5 Å². The molecular weight excluding hydrogens is 462 g/mol. The molecule has 11 heteroatoms. The van der Waals surface area contributed by atoms with Gasteiger partial charge >= 0.3 is 6.18 Å². The Morgan fingerprint density at radius 2 is 1.65 bits per heavy atom. The summed E-state index contributed by atoms with van der Waals surface area (Å²) < 4.78 is 82.1. The lowest BCUT2D eigenvalue weighted by atomic mass is 10.1. The third-order valence-electron chi connectivity index (χ3n) is 5.25. The molecule has 2 heterocycles. The highest BCUT2D eigenvalue weighted by Gasteiger charge is 2.34. The van der Waals surface area contributed by atoms with E-state index in [9.17, 15) is 31.1 Å². The standard InChI is InChI=1S/C23H16F6N4O/c1-11-21(12(2)33(32-11)10-13-3-5-14(24)6-4-13)31-22(34)16-8-20(23(27,28)29)30-19-9-18(26)17(25)7-15(16)19/h3-9H,10H2,1-2H3,(H,31,34). The Morgan fingerprint density at radius 3 is 2.29 bits per heavy atom. The van der Waals surface area contributed by atoms with Crippen molar-refractivity contribution in [2.24, 2.45) is 0 Å². The van der Waals surface area contributed by atoms with Crippen molar-refractivity contribution >= 4 is 22.5 Å². The first-order valence-electron chi connectivity index (χ1n) is 9.91. The number of hydrogen-bond acceptors (Lipinski definition) is 3. The maximum absolute atomic E-state index is 13.8. The number of anilines is 1. The molecule has 34 heavy (non-hydrogen) atoms. The maximum atomic E-state index is 13.8. The quantitative estimate of drug-likeness (QED) is 0.378. The predicted octanol–water partition coefficient (Wildman–Crippen LogP) is 5.78. The fourth-order valence-electron chi connectivity index (χ4n) is 3.53. The molecule has 2 aromatic carbocycles. The number of carbonyl (C=O) groups is 1. The summed E-state index contributed by atoms with van der Waals surface area (Å²) in [5.74, 6) is -4.09. The third kappa shape index (κ3) is 4.45. The molecule has 4 rings (SSSR count). The first-order chi connectivity index (χ1) is 15.9. The van der Waals surface area contributed by atoms with Crippen LogP contribution >= 0.6 is 0 Å². The van der Waals surface area contributed by atoms with Gasteiger partial charge in [0.05, 0.1) is 34.7 Å². The van der Waals surface area contributed by atoms with Crippen molar-refractivity contribution in [2.75, 3.05) is 5.32 Å².